The lowest BCUT2D eigenvalue weighted by molar-refractivity contribution is -0.122. The van der Waals surface area contributed by atoms with Crippen LogP contribution in [-0.2, 0) is 11.2 Å². The molecule has 1 aromatic carbocycles. The third-order valence-corrected chi connectivity index (χ3v) is 5.70. The second-order valence-electron chi connectivity index (χ2n) is 7.63. The Balaban J connectivity index is 1.46. The Morgan fingerprint density at radius 1 is 1.12 bits per heavy atom. The fourth-order valence-electron chi connectivity index (χ4n) is 4.19. The van der Waals surface area contributed by atoms with Gasteiger partial charge in [-0.05, 0) is 75.1 Å². The third-order valence-electron chi connectivity index (χ3n) is 5.70. The summed E-state index contributed by atoms with van der Waals surface area (Å²) >= 11 is 0. The molecule has 0 spiro atoms. The van der Waals surface area contributed by atoms with Crippen molar-refractivity contribution in [2.45, 2.75) is 76.4 Å². The van der Waals surface area contributed by atoms with E-state index in [0.717, 1.165) is 37.9 Å². The van der Waals surface area contributed by atoms with Crippen molar-refractivity contribution in [2.75, 3.05) is 6.54 Å². The van der Waals surface area contributed by atoms with Gasteiger partial charge >= 0.3 is 0 Å². The SMILES string of the molecule is NCC1CCCCC1NC(=O)CCc1cccc(OC2CCCC2)c1. The fraction of sp³-hybridized carbons (Fsp3) is 0.667. The monoisotopic (exact) mass is 344 g/mol. The van der Waals surface area contributed by atoms with E-state index in [1.165, 1.54) is 31.2 Å². The molecular weight excluding hydrogens is 312 g/mol. The van der Waals surface area contributed by atoms with E-state index in [-0.39, 0.29) is 11.9 Å². The molecule has 0 bridgehead atoms. The van der Waals surface area contributed by atoms with E-state index in [2.05, 4.69) is 17.4 Å². The van der Waals surface area contributed by atoms with Crippen LogP contribution in [-0.4, -0.2) is 24.6 Å². The third kappa shape index (κ3) is 5.46. The predicted octanol–water partition coefficient (Wildman–Crippen LogP) is 3.57. The number of nitrogens with one attached hydrogen (secondary N) is 1. The highest BCUT2D eigenvalue weighted by Gasteiger charge is 2.25. The topological polar surface area (TPSA) is 64.3 Å². The maximum atomic E-state index is 12.3. The average Bonchev–Trinajstić information content (AvgIpc) is 3.14. The number of amides is 1. The highest BCUT2D eigenvalue weighted by molar-refractivity contribution is 5.76. The number of carbonyl (C=O) groups excluding carboxylic acids is 1. The summed E-state index contributed by atoms with van der Waals surface area (Å²) in [4.78, 5) is 12.3. The van der Waals surface area contributed by atoms with Gasteiger partial charge in [-0.3, -0.25) is 4.79 Å². The van der Waals surface area contributed by atoms with E-state index in [4.69, 9.17) is 10.5 Å². The molecule has 2 saturated carbocycles. The van der Waals surface area contributed by atoms with Gasteiger partial charge in [0.05, 0.1) is 6.10 Å². The Morgan fingerprint density at radius 3 is 2.68 bits per heavy atom. The van der Waals surface area contributed by atoms with Gasteiger partial charge in [-0.15, -0.1) is 0 Å². The Labute approximate surface area is 151 Å². The molecule has 2 fully saturated rings. The second kappa shape index (κ2) is 9.23. The zero-order chi connectivity index (χ0) is 17.5. The number of ether oxygens (including phenoxy) is 1. The van der Waals surface area contributed by atoms with E-state index < -0.39 is 0 Å². The van der Waals surface area contributed by atoms with Crippen molar-refractivity contribution in [3.8, 4) is 5.75 Å². The molecule has 0 radical (unpaired) electrons. The molecule has 2 aliphatic rings. The molecule has 0 aliphatic heterocycles. The van der Waals surface area contributed by atoms with Crippen LogP contribution in [0.4, 0.5) is 0 Å². The van der Waals surface area contributed by atoms with Crippen LogP contribution in [0.3, 0.4) is 0 Å². The maximum Gasteiger partial charge on any atom is 0.220 e. The highest BCUT2D eigenvalue weighted by atomic mass is 16.5. The quantitative estimate of drug-likeness (QED) is 0.795. The minimum atomic E-state index is 0.146. The lowest BCUT2D eigenvalue weighted by Crippen LogP contribution is -2.44. The summed E-state index contributed by atoms with van der Waals surface area (Å²) in [6.45, 7) is 0.672. The summed E-state index contributed by atoms with van der Waals surface area (Å²) in [5.41, 5.74) is 7.02. The first-order valence-corrected chi connectivity index (χ1v) is 9.99. The van der Waals surface area contributed by atoms with Crippen LogP contribution in [0, 0.1) is 5.92 Å². The number of nitrogens with two attached hydrogens (primary N) is 1. The van der Waals surface area contributed by atoms with E-state index >= 15 is 0 Å². The Bertz CT molecular complexity index is 555. The molecule has 2 unspecified atom stereocenters. The molecule has 4 nitrogen and oxygen atoms in total. The van der Waals surface area contributed by atoms with Gasteiger partial charge in [0.15, 0.2) is 0 Å². The summed E-state index contributed by atoms with van der Waals surface area (Å²) in [6.07, 6.45) is 11.2. The minimum Gasteiger partial charge on any atom is -0.490 e. The van der Waals surface area contributed by atoms with Crippen LogP contribution in [0.2, 0.25) is 0 Å². The van der Waals surface area contributed by atoms with Gasteiger partial charge in [0.1, 0.15) is 5.75 Å². The molecule has 0 aromatic heterocycles. The van der Waals surface area contributed by atoms with Gasteiger partial charge in [-0.25, -0.2) is 0 Å². The number of hydrogen-bond donors (Lipinski definition) is 2. The highest BCUT2D eigenvalue weighted by Crippen LogP contribution is 2.25. The fourth-order valence-corrected chi connectivity index (χ4v) is 4.19. The summed E-state index contributed by atoms with van der Waals surface area (Å²) in [6, 6.07) is 8.49. The summed E-state index contributed by atoms with van der Waals surface area (Å²) in [5, 5.41) is 3.21. The first-order valence-electron chi connectivity index (χ1n) is 9.99. The molecule has 25 heavy (non-hydrogen) atoms. The Kier molecular flexibility index (Phi) is 6.74. The largest absolute Gasteiger partial charge is 0.490 e. The zero-order valence-corrected chi connectivity index (χ0v) is 15.2. The average molecular weight is 344 g/mol. The Morgan fingerprint density at radius 2 is 1.88 bits per heavy atom. The van der Waals surface area contributed by atoms with Gasteiger partial charge in [-0.1, -0.05) is 25.0 Å². The van der Waals surface area contributed by atoms with Crippen LogP contribution in [0.25, 0.3) is 0 Å². The van der Waals surface area contributed by atoms with E-state index in [9.17, 15) is 4.79 Å². The molecule has 0 saturated heterocycles. The lowest BCUT2D eigenvalue weighted by Gasteiger charge is -2.31. The lowest BCUT2D eigenvalue weighted by atomic mass is 9.84. The molecule has 2 atom stereocenters. The van der Waals surface area contributed by atoms with Crippen molar-refractivity contribution in [1.29, 1.82) is 0 Å². The summed E-state index contributed by atoms with van der Waals surface area (Å²) in [5.74, 6) is 1.54. The number of hydrogen-bond acceptors (Lipinski definition) is 3. The van der Waals surface area contributed by atoms with Crippen LogP contribution in [0.15, 0.2) is 24.3 Å². The van der Waals surface area contributed by atoms with Gasteiger partial charge < -0.3 is 15.8 Å². The molecular formula is C21H32N2O2. The van der Waals surface area contributed by atoms with Crippen molar-refractivity contribution in [1.82, 2.24) is 5.32 Å². The van der Waals surface area contributed by atoms with Gasteiger partial charge in [0.2, 0.25) is 5.91 Å². The van der Waals surface area contributed by atoms with Crippen LogP contribution < -0.4 is 15.8 Å². The molecule has 4 heteroatoms. The van der Waals surface area contributed by atoms with Gasteiger partial charge in [-0.2, -0.15) is 0 Å². The molecule has 1 amide bonds. The van der Waals surface area contributed by atoms with Gasteiger partial charge in [0.25, 0.3) is 0 Å². The number of carbonyl (C=O) groups is 1. The molecule has 138 valence electrons. The van der Waals surface area contributed by atoms with Crippen molar-refractivity contribution in [3.63, 3.8) is 0 Å². The minimum absolute atomic E-state index is 0.146. The van der Waals surface area contributed by atoms with Crippen molar-refractivity contribution in [3.05, 3.63) is 29.8 Å². The molecule has 3 N–H and O–H groups in total. The smallest absolute Gasteiger partial charge is 0.220 e. The normalized spacial score (nSPS) is 24.2. The molecule has 2 aliphatic carbocycles. The summed E-state index contributed by atoms with van der Waals surface area (Å²) < 4.78 is 6.06. The van der Waals surface area contributed by atoms with Crippen molar-refractivity contribution < 1.29 is 9.53 Å². The van der Waals surface area contributed by atoms with E-state index in [0.29, 0.717) is 25.0 Å². The van der Waals surface area contributed by atoms with E-state index in [1.54, 1.807) is 0 Å². The molecule has 1 aromatic rings. The first-order chi connectivity index (χ1) is 12.2. The second-order valence-corrected chi connectivity index (χ2v) is 7.63. The number of aryl methyl sites for hydroxylation is 1. The number of benzene rings is 1. The molecule has 0 heterocycles. The van der Waals surface area contributed by atoms with Crippen LogP contribution in [0.5, 0.6) is 5.75 Å². The molecule has 3 rings (SSSR count). The Hall–Kier alpha value is -1.55. The van der Waals surface area contributed by atoms with Crippen LogP contribution >= 0.6 is 0 Å². The van der Waals surface area contributed by atoms with Crippen molar-refractivity contribution in [2.24, 2.45) is 11.7 Å². The van der Waals surface area contributed by atoms with Crippen molar-refractivity contribution >= 4 is 5.91 Å². The maximum absolute atomic E-state index is 12.3. The standard InChI is InChI=1S/C21H32N2O2/c22-15-17-7-1-4-11-20(17)23-21(24)13-12-16-6-5-10-19(14-16)25-18-8-2-3-9-18/h5-6,10,14,17-18,20H,1-4,7-9,11-13,15,22H2,(H,23,24). The zero-order valence-electron chi connectivity index (χ0n) is 15.2. The number of rotatable bonds is 7. The first kappa shape index (κ1) is 18.2. The van der Waals surface area contributed by atoms with Crippen LogP contribution in [0.1, 0.15) is 63.4 Å². The van der Waals surface area contributed by atoms with E-state index in [1.807, 2.05) is 12.1 Å². The predicted molar refractivity (Wildman–Crippen MR) is 101 cm³/mol. The van der Waals surface area contributed by atoms with Gasteiger partial charge in [0, 0.05) is 12.5 Å². The summed E-state index contributed by atoms with van der Waals surface area (Å²) in [7, 11) is 0.